The number of nitriles is 1. The summed E-state index contributed by atoms with van der Waals surface area (Å²) < 4.78 is 0. The Hall–Kier alpha value is -2.47. The van der Waals surface area contributed by atoms with E-state index in [1.807, 2.05) is 24.3 Å². The van der Waals surface area contributed by atoms with Crippen molar-refractivity contribution < 1.29 is 0 Å². The minimum Gasteiger partial charge on any atom is -0.197 e. The molecule has 0 aliphatic heterocycles. The standard InChI is InChI=1S/C24H31N3/c1-20(2)24(19-25,22-13-8-5-9-14-22)18-10-15-23(27-26-3)17-16-21-11-6-4-7-12-21/h4-9,11-14,20,23H,10,15-18H2,1-3H3/t23-,24?/m0/s1. The van der Waals surface area contributed by atoms with Gasteiger partial charge in [0.25, 0.3) is 0 Å². The van der Waals surface area contributed by atoms with Crippen LogP contribution in [0, 0.1) is 17.2 Å². The molecule has 0 saturated heterocycles. The van der Waals surface area contributed by atoms with Gasteiger partial charge < -0.3 is 0 Å². The molecule has 0 saturated carbocycles. The van der Waals surface area contributed by atoms with Crippen LogP contribution >= 0.6 is 0 Å². The van der Waals surface area contributed by atoms with Crippen molar-refractivity contribution in [2.24, 2.45) is 16.1 Å². The second kappa shape index (κ2) is 10.6. The molecule has 0 aliphatic carbocycles. The number of nitrogens with zero attached hydrogens (tertiary/aromatic N) is 3. The predicted molar refractivity (Wildman–Crippen MR) is 112 cm³/mol. The molecule has 142 valence electrons. The molecule has 0 heterocycles. The van der Waals surface area contributed by atoms with Crippen molar-refractivity contribution in [2.75, 3.05) is 7.05 Å². The Morgan fingerprint density at radius 2 is 1.59 bits per heavy atom. The van der Waals surface area contributed by atoms with Crippen molar-refractivity contribution in [3.8, 4) is 6.07 Å². The fourth-order valence-electron chi connectivity index (χ4n) is 3.77. The third kappa shape index (κ3) is 5.76. The highest BCUT2D eigenvalue weighted by atomic mass is 15.1. The van der Waals surface area contributed by atoms with Crippen LogP contribution in [0.5, 0.6) is 0 Å². The first-order valence-electron chi connectivity index (χ1n) is 9.92. The number of hydrogen-bond acceptors (Lipinski definition) is 3. The van der Waals surface area contributed by atoms with Gasteiger partial charge in [-0.15, -0.1) is 0 Å². The maximum atomic E-state index is 10.0. The van der Waals surface area contributed by atoms with E-state index >= 15 is 0 Å². The maximum absolute atomic E-state index is 10.0. The summed E-state index contributed by atoms with van der Waals surface area (Å²) in [6, 6.07) is 23.6. The summed E-state index contributed by atoms with van der Waals surface area (Å²) in [5.41, 5.74) is 2.03. The number of benzene rings is 2. The first-order chi connectivity index (χ1) is 13.1. The smallest absolute Gasteiger partial charge is 0.0845 e. The number of hydrogen-bond donors (Lipinski definition) is 0. The molecular formula is C24H31N3. The molecule has 3 nitrogen and oxygen atoms in total. The summed E-state index contributed by atoms with van der Waals surface area (Å²) in [6.07, 6.45) is 4.79. The maximum Gasteiger partial charge on any atom is 0.0845 e. The molecular weight excluding hydrogens is 330 g/mol. The van der Waals surface area contributed by atoms with Gasteiger partial charge in [-0.2, -0.15) is 15.5 Å². The van der Waals surface area contributed by atoms with Crippen LogP contribution < -0.4 is 0 Å². The zero-order chi connectivity index (χ0) is 19.5. The van der Waals surface area contributed by atoms with Gasteiger partial charge in [0.1, 0.15) is 0 Å². The van der Waals surface area contributed by atoms with Crippen LogP contribution in [-0.4, -0.2) is 13.1 Å². The summed E-state index contributed by atoms with van der Waals surface area (Å²) in [4.78, 5) is 0. The van der Waals surface area contributed by atoms with E-state index in [4.69, 9.17) is 0 Å². The van der Waals surface area contributed by atoms with Crippen LogP contribution in [-0.2, 0) is 11.8 Å². The van der Waals surface area contributed by atoms with Gasteiger partial charge in [0, 0.05) is 7.05 Å². The Labute approximate surface area is 164 Å². The van der Waals surface area contributed by atoms with E-state index in [0.717, 1.165) is 37.7 Å². The van der Waals surface area contributed by atoms with Gasteiger partial charge in [-0.3, -0.25) is 0 Å². The van der Waals surface area contributed by atoms with E-state index < -0.39 is 5.41 Å². The molecule has 0 fully saturated rings. The molecule has 0 radical (unpaired) electrons. The first-order valence-corrected chi connectivity index (χ1v) is 9.92. The van der Waals surface area contributed by atoms with Crippen LogP contribution in [0.15, 0.2) is 70.9 Å². The molecule has 2 aromatic carbocycles. The van der Waals surface area contributed by atoms with Gasteiger partial charge in [-0.05, 0) is 49.1 Å². The topological polar surface area (TPSA) is 48.5 Å². The summed E-state index contributed by atoms with van der Waals surface area (Å²) >= 11 is 0. The molecule has 2 rings (SSSR count). The molecule has 2 aromatic rings. The molecule has 0 aromatic heterocycles. The summed E-state index contributed by atoms with van der Waals surface area (Å²) in [6.45, 7) is 4.30. The average molecular weight is 362 g/mol. The Kier molecular flexibility index (Phi) is 8.20. The zero-order valence-electron chi connectivity index (χ0n) is 16.8. The highest BCUT2D eigenvalue weighted by Crippen LogP contribution is 2.37. The van der Waals surface area contributed by atoms with Crippen molar-refractivity contribution in [2.45, 2.75) is 57.4 Å². The second-order valence-corrected chi connectivity index (χ2v) is 7.49. The van der Waals surface area contributed by atoms with Crippen molar-refractivity contribution in [3.63, 3.8) is 0 Å². The molecule has 2 atom stereocenters. The molecule has 1 unspecified atom stereocenters. The van der Waals surface area contributed by atoms with Crippen LogP contribution in [0.25, 0.3) is 0 Å². The molecule has 27 heavy (non-hydrogen) atoms. The fraction of sp³-hybridized carbons (Fsp3) is 0.458. The van der Waals surface area contributed by atoms with Gasteiger partial charge in [0.05, 0.1) is 17.5 Å². The lowest BCUT2D eigenvalue weighted by molar-refractivity contribution is 0.347. The summed E-state index contributed by atoms with van der Waals surface area (Å²) in [5.74, 6) is 0.264. The van der Waals surface area contributed by atoms with Crippen molar-refractivity contribution in [1.82, 2.24) is 0 Å². The largest absolute Gasteiger partial charge is 0.197 e. The summed E-state index contributed by atoms with van der Waals surface area (Å²) in [7, 11) is 1.74. The fourth-order valence-corrected chi connectivity index (χ4v) is 3.77. The third-order valence-electron chi connectivity index (χ3n) is 5.47. The van der Waals surface area contributed by atoms with Gasteiger partial charge >= 0.3 is 0 Å². The molecule has 0 spiro atoms. The first kappa shape index (κ1) is 20.8. The van der Waals surface area contributed by atoms with Crippen molar-refractivity contribution in [1.29, 1.82) is 5.26 Å². The Morgan fingerprint density at radius 1 is 0.963 bits per heavy atom. The zero-order valence-corrected chi connectivity index (χ0v) is 16.8. The van der Waals surface area contributed by atoms with E-state index in [9.17, 15) is 5.26 Å². The Balaban J connectivity index is 2.00. The quantitative estimate of drug-likeness (QED) is 0.454. The molecule has 0 aliphatic rings. The Bertz CT molecular complexity index is 731. The van der Waals surface area contributed by atoms with E-state index in [0.29, 0.717) is 0 Å². The third-order valence-corrected chi connectivity index (χ3v) is 5.47. The second-order valence-electron chi connectivity index (χ2n) is 7.49. The highest BCUT2D eigenvalue weighted by Gasteiger charge is 2.35. The highest BCUT2D eigenvalue weighted by molar-refractivity contribution is 5.33. The molecule has 0 bridgehead atoms. The lowest BCUT2D eigenvalue weighted by Gasteiger charge is -2.31. The predicted octanol–water partition coefficient (Wildman–Crippen LogP) is 6.36. The van der Waals surface area contributed by atoms with E-state index in [1.54, 1.807) is 7.05 Å². The van der Waals surface area contributed by atoms with Crippen LogP contribution in [0.2, 0.25) is 0 Å². The molecule has 0 N–H and O–H groups in total. The molecule has 0 amide bonds. The molecule has 3 heteroatoms. The monoisotopic (exact) mass is 361 g/mol. The van der Waals surface area contributed by atoms with Crippen LogP contribution in [0.4, 0.5) is 0 Å². The van der Waals surface area contributed by atoms with Crippen LogP contribution in [0.3, 0.4) is 0 Å². The van der Waals surface area contributed by atoms with Gasteiger partial charge in [0.2, 0.25) is 0 Å². The number of azo groups is 1. The van der Waals surface area contributed by atoms with E-state index in [1.165, 1.54) is 5.56 Å². The normalized spacial score (nSPS) is 14.8. The minimum atomic E-state index is -0.436. The van der Waals surface area contributed by atoms with Crippen LogP contribution in [0.1, 0.15) is 50.7 Å². The lowest BCUT2D eigenvalue weighted by atomic mass is 9.69. The lowest BCUT2D eigenvalue weighted by Crippen LogP contribution is -2.31. The number of rotatable bonds is 10. The average Bonchev–Trinajstić information content (AvgIpc) is 2.70. The Morgan fingerprint density at radius 3 is 2.15 bits per heavy atom. The van der Waals surface area contributed by atoms with Gasteiger partial charge in [-0.1, -0.05) is 74.5 Å². The van der Waals surface area contributed by atoms with Crippen molar-refractivity contribution >= 4 is 0 Å². The van der Waals surface area contributed by atoms with E-state index in [2.05, 4.69) is 66.5 Å². The van der Waals surface area contributed by atoms with Gasteiger partial charge in [-0.25, -0.2) is 0 Å². The minimum absolute atomic E-state index is 0.217. The van der Waals surface area contributed by atoms with Crippen molar-refractivity contribution in [3.05, 3.63) is 71.8 Å². The van der Waals surface area contributed by atoms with Gasteiger partial charge in [0.15, 0.2) is 0 Å². The SMILES string of the molecule is CN=N[C@@H](CCCC(C#N)(c1ccccc1)C(C)C)CCc1ccccc1. The number of aryl methyl sites for hydroxylation is 1. The van der Waals surface area contributed by atoms with E-state index in [-0.39, 0.29) is 12.0 Å². The summed E-state index contributed by atoms with van der Waals surface area (Å²) in [5, 5.41) is 18.5.